The summed E-state index contributed by atoms with van der Waals surface area (Å²) in [5.41, 5.74) is 14.1. The van der Waals surface area contributed by atoms with Crippen LogP contribution < -0.4 is 16.0 Å². The molecule has 3 aliphatic heterocycles. The molecular weight excluding hydrogens is 564 g/mol. The Balaban J connectivity index is 0.962. The number of hydrogen-bond donors (Lipinski definition) is 3. The predicted molar refractivity (Wildman–Crippen MR) is 186 cm³/mol. The van der Waals surface area contributed by atoms with E-state index in [-0.39, 0.29) is 12.1 Å². The third-order valence-corrected chi connectivity index (χ3v) is 9.41. The van der Waals surface area contributed by atoms with E-state index in [1.165, 1.54) is 51.1 Å². The topological polar surface area (TPSA) is 74.8 Å². The molecule has 2 aromatic heterocycles. The Morgan fingerprint density at radius 3 is 2.54 bits per heavy atom. The highest BCUT2D eigenvalue weighted by Gasteiger charge is 2.29. The third kappa shape index (κ3) is 4.70. The van der Waals surface area contributed by atoms with E-state index in [4.69, 9.17) is 4.98 Å². The molecule has 5 aliphatic rings. The van der Waals surface area contributed by atoms with Crippen molar-refractivity contribution in [3.63, 3.8) is 0 Å². The lowest BCUT2D eigenvalue weighted by atomic mass is 9.83. The van der Waals surface area contributed by atoms with Crippen LogP contribution in [0.2, 0.25) is 0 Å². The number of rotatable bonds is 4. The van der Waals surface area contributed by atoms with Gasteiger partial charge in [-0.25, -0.2) is 15.0 Å². The summed E-state index contributed by atoms with van der Waals surface area (Å²) in [4.78, 5) is 13.6. The van der Waals surface area contributed by atoms with Gasteiger partial charge in [-0.1, -0.05) is 78.9 Å². The van der Waals surface area contributed by atoms with Crippen LogP contribution in [0.3, 0.4) is 0 Å². The molecule has 6 heteroatoms. The molecule has 46 heavy (non-hydrogen) atoms. The first-order valence-corrected chi connectivity index (χ1v) is 16.0. The monoisotopic (exact) mass is 596 g/mol. The fourth-order valence-electron chi connectivity index (χ4n) is 7.01. The summed E-state index contributed by atoms with van der Waals surface area (Å²) in [6.45, 7) is 1.05. The van der Waals surface area contributed by atoms with E-state index in [9.17, 15) is 0 Å². The van der Waals surface area contributed by atoms with Crippen LogP contribution in [0.25, 0.3) is 39.3 Å². The molecule has 0 amide bonds. The molecular formula is C40H32N6. The highest BCUT2D eigenvalue weighted by Crippen LogP contribution is 2.36. The number of hydrogen-bond acceptors (Lipinski definition) is 6. The molecule has 0 fully saturated rings. The minimum Gasteiger partial charge on any atom is -0.386 e. The zero-order valence-corrected chi connectivity index (χ0v) is 25.2. The fourth-order valence-corrected chi connectivity index (χ4v) is 7.01. The first kappa shape index (κ1) is 26.6. The average molecular weight is 597 g/mol. The molecule has 0 bridgehead atoms. The van der Waals surface area contributed by atoms with Crippen molar-refractivity contribution in [2.75, 3.05) is 6.54 Å². The molecule has 0 radical (unpaired) electrons. The van der Waals surface area contributed by atoms with Gasteiger partial charge in [0.15, 0.2) is 5.82 Å². The molecule has 4 aromatic rings. The van der Waals surface area contributed by atoms with Gasteiger partial charge in [0.1, 0.15) is 5.69 Å². The predicted octanol–water partition coefficient (Wildman–Crippen LogP) is 7.03. The van der Waals surface area contributed by atoms with Crippen molar-refractivity contribution in [1.82, 2.24) is 30.9 Å². The quantitative estimate of drug-likeness (QED) is 0.235. The van der Waals surface area contributed by atoms with Crippen molar-refractivity contribution >= 4 is 27.7 Å². The molecule has 2 atom stereocenters. The Bertz CT molecular complexity index is 2140. The maximum atomic E-state index is 4.88. The lowest BCUT2D eigenvalue weighted by molar-refractivity contribution is 0.593. The first-order valence-electron chi connectivity index (χ1n) is 16.0. The highest BCUT2D eigenvalue weighted by atomic mass is 15.0. The van der Waals surface area contributed by atoms with E-state index in [0.717, 1.165) is 40.8 Å². The van der Waals surface area contributed by atoms with Gasteiger partial charge in [-0.15, -0.1) is 0 Å². The van der Waals surface area contributed by atoms with Gasteiger partial charge in [-0.3, -0.25) is 0 Å². The summed E-state index contributed by atoms with van der Waals surface area (Å²) in [7, 11) is 0. The van der Waals surface area contributed by atoms with Gasteiger partial charge in [0, 0.05) is 35.7 Å². The lowest BCUT2D eigenvalue weighted by Crippen LogP contribution is -2.41. The molecule has 9 rings (SSSR count). The second-order valence-electron chi connectivity index (χ2n) is 12.2. The summed E-state index contributed by atoms with van der Waals surface area (Å²) < 4.78 is 0. The summed E-state index contributed by atoms with van der Waals surface area (Å²) in [5, 5.41) is 12.1. The van der Waals surface area contributed by atoms with Gasteiger partial charge in [0.25, 0.3) is 0 Å². The van der Waals surface area contributed by atoms with Crippen LogP contribution in [0.15, 0.2) is 150 Å². The number of aromatic nitrogens is 3. The van der Waals surface area contributed by atoms with E-state index < -0.39 is 0 Å². The Morgan fingerprint density at radius 2 is 1.63 bits per heavy atom. The average Bonchev–Trinajstić information content (AvgIpc) is 3.14. The van der Waals surface area contributed by atoms with Crippen molar-refractivity contribution in [2.24, 2.45) is 0 Å². The van der Waals surface area contributed by atoms with Crippen LogP contribution in [0.5, 0.6) is 0 Å². The zero-order chi connectivity index (χ0) is 30.5. The van der Waals surface area contributed by atoms with E-state index in [2.05, 4.69) is 129 Å². The molecule has 2 unspecified atom stereocenters. The molecule has 6 nitrogen and oxygen atoms in total. The largest absolute Gasteiger partial charge is 0.386 e. The molecule has 0 spiro atoms. The van der Waals surface area contributed by atoms with Gasteiger partial charge in [0.05, 0.1) is 17.6 Å². The Hall–Kier alpha value is -5.75. The van der Waals surface area contributed by atoms with Crippen molar-refractivity contribution in [1.29, 1.82) is 0 Å². The second kappa shape index (κ2) is 11.0. The Kier molecular flexibility index (Phi) is 6.37. The molecule has 2 aromatic carbocycles. The van der Waals surface area contributed by atoms with Gasteiger partial charge >= 0.3 is 0 Å². The summed E-state index contributed by atoms with van der Waals surface area (Å²) >= 11 is 0. The van der Waals surface area contributed by atoms with Crippen LogP contribution in [0, 0.1) is 0 Å². The van der Waals surface area contributed by atoms with Crippen LogP contribution in [0.4, 0.5) is 0 Å². The number of dihydropyridines is 2. The molecule has 0 saturated carbocycles. The minimum atomic E-state index is 0.0864. The maximum Gasteiger partial charge on any atom is 0.178 e. The summed E-state index contributed by atoms with van der Waals surface area (Å²) in [6.07, 6.45) is 25.9. The van der Waals surface area contributed by atoms with Crippen LogP contribution >= 0.6 is 0 Å². The number of nitrogens with one attached hydrogen (secondary N) is 3. The van der Waals surface area contributed by atoms with Crippen molar-refractivity contribution in [3.8, 4) is 11.5 Å². The first-order chi connectivity index (χ1) is 22.8. The highest BCUT2D eigenvalue weighted by molar-refractivity contribution is 5.87. The third-order valence-electron chi connectivity index (χ3n) is 9.41. The number of nitrogens with zero attached hydrogens (tertiary/aromatic N) is 3. The van der Waals surface area contributed by atoms with Crippen LogP contribution in [-0.2, 0) is 0 Å². The van der Waals surface area contributed by atoms with Crippen LogP contribution in [-0.4, -0.2) is 33.6 Å². The molecule has 3 N–H and O–H groups in total. The van der Waals surface area contributed by atoms with Crippen LogP contribution in [0.1, 0.15) is 29.5 Å². The number of fused-ring (bicyclic) bond motifs is 4. The minimum absolute atomic E-state index is 0.0864. The van der Waals surface area contributed by atoms with Crippen molar-refractivity contribution < 1.29 is 0 Å². The van der Waals surface area contributed by atoms with E-state index in [1.807, 2.05) is 12.1 Å². The number of benzene rings is 2. The van der Waals surface area contributed by atoms with Gasteiger partial charge < -0.3 is 16.0 Å². The number of pyridine rings is 1. The Morgan fingerprint density at radius 1 is 0.783 bits per heavy atom. The zero-order valence-electron chi connectivity index (χ0n) is 25.2. The summed E-state index contributed by atoms with van der Waals surface area (Å²) in [5.74, 6) is 0.629. The van der Waals surface area contributed by atoms with Gasteiger partial charge in [-0.2, -0.15) is 0 Å². The van der Waals surface area contributed by atoms with Crippen molar-refractivity contribution in [2.45, 2.75) is 24.9 Å². The molecule has 2 aliphatic carbocycles. The van der Waals surface area contributed by atoms with Crippen molar-refractivity contribution in [3.05, 3.63) is 167 Å². The van der Waals surface area contributed by atoms with E-state index in [1.54, 1.807) is 12.4 Å². The second-order valence-corrected chi connectivity index (χ2v) is 12.2. The van der Waals surface area contributed by atoms with E-state index >= 15 is 0 Å². The fraction of sp³-hybridized carbons (Fsp3) is 0.125. The van der Waals surface area contributed by atoms with Gasteiger partial charge in [-0.05, 0) is 93.9 Å². The normalized spacial score (nSPS) is 21.3. The van der Waals surface area contributed by atoms with E-state index in [0.29, 0.717) is 5.82 Å². The lowest BCUT2D eigenvalue weighted by Gasteiger charge is -2.34. The number of allylic oxidation sites excluding steroid dienone is 8. The summed E-state index contributed by atoms with van der Waals surface area (Å²) in [6, 6.07) is 21.6. The molecule has 0 saturated heterocycles. The maximum absolute atomic E-state index is 4.88. The smallest absolute Gasteiger partial charge is 0.178 e. The molecule has 222 valence electrons. The Labute approximate surface area is 268 Å². The van der Waals surface area contributed by atoms with Gasteiger partial charge in [0.2, 0.25) is 0 Å². The standard InChI is InChI=1S/C40H32N6/c1-3-29-12-15-33-32(18-22-42-39(33)38(29)41-19-1)26-6-4-25(5-7-26)30-10-8-27-13-16-34(45-36(27)23-30)31-11-9-28-14-17-35(46-37(28)24-31)40-43-20-2-21-44-40/h2,4-18,20-24,36,39,41-42,45H,1,3,19H2. The SMILES string of the molecule is C1=CC(c2ccc(C3=CC4NC(c5ccc6ccc(-c7ncccn7)nc6c5)=CC=C4C=C3)cc2)=C2C=CC3=C(NCCC3)C2N1. The molecule has 5 heterocycles.